The number of carbonyl (C=O) groups excluding carboxylic acids is 1. The lowest BCUT2D eigenvalue weighted by molar-refractivity contribution is -0.115. The van der Waals surface area contributed by atoms with Gasteiger partial charge in [0.05, 0.1) is 11.4 Å². The van der Waals surface area contributed by atoms with Crippen LogP contribution in [0.4, 0.5) is 5.82 Å². The molecule has 1 N–H and O–H groups in total. The van der Waals surface area contributed by atoms with E-state index in [2.05, 4.69) is 10.4 Å². The Labute approximate surface area is 129 Å². The second kappa shape index (κ2) is 6.26. The van der Waals surface area contributed by atoms with Crippen LogP contribution in [0.3, 0.4) is 0 Å². The highest BCUT2D eigenvalue weighted by atomic mass is 16.1. The summed E-state index contributed by atoms with van der Waals surface area (Å²) in [6, 6.07) is 21.8. The summed E-state index contributed by atoms with van der Waals surface area (Å²) in [5, 5.41) is 7.35. The number of benzene rings is 2. The molecule has 0 fully saturated rings. The first kappa shape index (κ1) is 14.1. The molecule has 0 aliphatic rings. The Balaban J connectivity index is 2.08. The molecule has 3 aromatic rings. The summed E-state index contributed by atoms with van der Waals surface area (Å²) in [7, 11) is 0. The van der Waals surface area contributed by atoms with Crippen LogP contribution in [-0.4, -0.2) is 15.7 Å². The standard InChI is InChI=1S/C18H17N3O/c1-2-18(22)19-17-13-16(14-9-5-3-6-10-14)21(20-17)15-11-7-4-8-12-15/h3-13H,2H2,1H3,(H,19,20,22). The minimum Gasteiger partial charge on any atom is -0.309 e. The molecule has 0 radical (unpaired) electrons. The van der Waals surface area contributed by atoms with Gasteiger partial charge in [-0.1, -0.05) is 55.5 Å². The minimum atomic E-state index is -0.0441. The van der Waals surface area contributed by atoms with E-state index in [-0.39, 0.29) is 5.91 Å². The average Bonchev–Trinajstić information content (AvgIpc) is 3.00. The number of hydrogen-bond donors (Lipinski definition) is 1. The third kappa shape index (κ3) is 2.91. The van der Waals surface area contributed by atoms with Crippen LogP contribution in [-0.2, 0) is 4.79 Å². The van der Waals surface area contributed by atoms with Crippen molar-refractivity contribution >= 4 is 11.7 Å². The van der Waals surface area contributed by atoms with Crippen LogP contribution in [0.1, 0.15) is 13.3 Å². The van der Waals surface area contributed by atoms with Gasteiger partial charge in [0, 0.05) is 18.1 Å². The van der Waals surface area contributed by atoms with Gasteiger partial charge >= 0.3 is 0 Å². The van der Waals surface area contributed by atoms with E-state index in [4.69, 9.17) is 0 Å². The minimum absolute atomic E-state index is 0.0441. The summed E-state index contributed by atoms with van der Waals surface area (Å²) < 4.78 is 1.85. The molecule has 4 nitrogen and oxygen atoms in total. The Morgan fingerprint density at radius 2 is 1.68 bits per heavy atom. The fourth-order valence-electron chi connectivity index (χ4n) is 2.25. The molecule has 0 bridgehead atoms. The molecule has 2 aromatic carbocycles. The van der Waals surface area contributed by atoms with E-state index >= 15 is 0 Å². The van der Waals surface area contributed by atoms with Gasteiger partial charge in [0.15, 0.2) is 5.82 Å². The zero-order chi connectivity index (χ0) is 15.4. The Bertz CT molecular complexity index is 707. The number of para-hydroxylation sites is 1. The van der Waals surface area contributed by atoms with Gasteiger partial charge in [-0.3, -0.25) is 4.79 Å². The normalized spacial score (nSPS) is 10.4. The smallest absolute Gasteiger partial charge is 0.225 e. The molecule has 0 aliphatic heterocycles. The van der Waals surface area contributed by atoms with Gasteiger partial charge < -0.3 is 5.32 Å². The lowest BCUT2D eigenvalue weighted by Gasteiger charge is -2.06. The molecule has 0 saturated heterocycles. The second-order valence-corrected chi connectivity index (χ2v) is 4.93. The topological polar surface area (TPSA) is 46.9 Å². The molecule has 110 valence electrons. The van der Waals surface area contributed by atoms with Crippen molar-refractivity contribution in [3.8, 4) is 16.9 Å². The molecule has 3 rings (SSSR count). The number of hydrogen-bond acceptors (Lipinski definition) is 2. The van der Waals surface area contributed by atoms with Crippen LogP contribution in [0, 0.1) is 0 Å². The Kier molecular flexibility index (Phi) is 4.01. The van der Waals surface area contributed by atoms with E-state index in [1.165, 1.54) is 0 Å². The number of carbonyl (C=O) groups is 1. The van der Waals surface area contributed by atoms with Crippen LogP contribution in [0.5, 0.6) is 0 Å². The number of anilines is 1. The first-order chi connectivity index (χ1) is 10.8. The molecule has 4 heteroatoms. The van der Waals surface area contributed by atoms with Crippen LogP contribution in [0.15, 0.2) is 66.7 Å². The zero-order valence-corrected chi connectivity index (χ0v) is 12.4. The number of amides is 1. The van der Waals surface area contributed by atoms with Gasteiger partial charge in [-0.05, 0) is 12.1 Å². The number of nitrogens with zero attached hydrogens (tertiary/aromatic N) is 2. The highest BCUT2D eigenvalue weighted by molar-refractivity contribution is 5.90. The molecule has 22 heavy (non-hydrogen) atoms. The number of aromatic nitrogens is 2. The maximum Gasteiger partial charge on any atom is 0.225 e. The summed E-state index contributed by atoms with van der Waals surface area (Å²) in [5.41, 5.74) is 2.95. The first-order valence-corrected chi connectivity index (χ1v) is 7.28. The van der Waals surface area contributed by atoms with E-state index in [0.717, 1.165) is 16.9 Å². The first-order valence-electron chi connectivity index (χ1n) is 7.28. The van der Waals surface area contributed by atoms with E-state index < -0.39 is 0 Å². The molecule has 0 atom stereocenters. The molecule has 0 spiro atoms. The SMILES string of the molecule is CCC(=O)Nc1cc(-c2ccccc2)n(-c2ccccc2)n1. The van der Waals surface area contributed by atoms with Crippen LogP contribution in [0.2, 0.25) is 0 Å². The highest BCUT2D eigenvalue weighted by Crippen LogP contribution is 2.25. The summed E-state index contributed by atoms with van der Waals surface area (Å²) in [4.78, 5) is 11.6. The largest absolute Gasteiger partial charge is 0.309 e. The van der Waals surface area contributed by atoms with Gasteiger partial charge in [-0.2, -0.15) is 0 Å². The van der Waals surface area contributed by atoms with E-state index in [1.54, 1.807) is 0 Å². The molecule has 1 amide bonds. The number of rotatable bonds is 4. The van der Waals surface area contributed by atoms with Crippen molar-refractivity contribution in [1.29, 1.82) is 0 Å². The quantitative estimate of drug-likeness (QED) is 0.792. The molecule has 1 heterocycles. The Morgan fingerprint density at radius 3 is 2.32 bits per heavy atom. The maximum atomic E-state index is 11.6. The summed E-state index contributed by atoms with van der Waals surface area (Å²) in [6.45, 7) is 1.82. The fraction of sp³-hybridized carbons (Fsp3) is 0.111. The van der Waals surface area contributed by atoms with Crippen molar-refractivity contribution in [2.45, 2.75) is 13.3 Å². The summed E-state index contributed by atoms with van der Waals surface area (Å²) in [6.07, 6.45) is 0.429. The van der Waals surface area contributed by atoms with Gasteiger partial charge in [0.25, 0.3) is 0 Å². The second-order valence-electron chi connectivity index (χ2n) is 4.93. The average molecular weight is 291 g/mol. The van der Waals surface area contributed by atoms with Crippen molar-refractivity contribution in [1.82, 2.24) is 9.78 Å². The van der Waals surface area contributed by atoms with Crippen molar-refractivity contribution in [2.75, 3.05) is 5.32 Å². The van der Waals surface area contributed by atoms with E-state index in [1.807, 2.05) is 78.3 Å². The summed E-state index contributed by atoms with van der Waals surface area (Å²) >= 11 is 0. The third-order valence-electron chi connectivity index (χ3n) is 3.37. The molecule has 1 aromatic heterocycles. The molecular formula is C18H17N3O. The van der Waals surface area contributed by atoms with Crippen LogP contribution >= 0.6 is 0 Å². The molecule has 0 unspecified atom stereocenters. The van der Waals surface area contributed by atoms with Gasteiger partial charge in [0.1, 0.15) is 0 Å². The van der Waals surface area contributed by atoms with E-state index in [9.17, 15) is 4.79 Å². The van der Waals surface area contributed by atoms with Crippen LogP contribution in [0.25, 0.3) is 16.9 Å². The van der Waals surface area contributed by atoms with Crippen LogP contribution < -0.4 is 5.32 Å². The van der Waals surface area contributed by atoms with Gasteiger partial charge in [0.2, 0.25) is 5.91 Å². The number of nitrogens with one attached hydrogen (secondary N) is 1. The summed E-state index contributed by atoms with van der Waals surface area (Å²) in [5.74, 6) is 0.520. The predicted molar refractivity (Wildman–Crippen MR) is 87.9 cm³/mol. The molecular weight excluding hydrogens is 274 g/mol. The lowest BCUT2D eigenvalue weighted by atomic mass is 10.1. The third-order valence-corrected chi connectivity index (χ3v) is 3.37. The lowest BCUT2D eigenvalue weighted by Crippen LogP contribution is -2.10. The van der Waals surface area contributed by atoms with Gasteiger partial charge in [-0.25, -0.2) is 4.68 Å². The van der Waals surface area contributed by atoms with Crippen molar-refractivity contribution in [2.24, 2.45) is 0 Å². The zero-order valence-electron chi connectivity index (χ0n) is 12.4. The van der Waals surface area contributed by atoms with Crippen molar-refractivity contribution in [3.05, 3.63) is 66.7 Å². The highest BCUT2D eigenvalue weighted by Gasteiger charge is 2.12. The Morgan fingerprint density at radius 1 is 1.05 bits per heavy atom. The fourth-order valence-corrected chi connectivity index (χ4v) is 2.25. The Hall–Kier alpha value is -2.88. The predicted octanol–water partition coefficient (Wildman–Crippen LogP) is 3.89. The molecule has 0 aliphatic carbocycles. The maximum absolute atomic E-state index is 11.6. The monoisotopic (exact) mass is 291 g/mol. The van der Waals surface area contributed by atoms with E-state index in [0.29, 0.717) is 12.2 Å². The van der Waals surface area contributed by atoms with Gasteiger partial charge in [-0.15, -0.1) is 5.10 Å². The van der Waals surface area contributed by atoms with Crippen molar-refractivity contribution in [3.63, 3.8) is 0 Å². The van der Waals surface area contributed by atoms with Crippen molar-refractivity contribution < 1.29 is 4.79 Å². The molecule has 0 saturated carbocycles.